The molecule has 0 atom stereocenters. The highest BCUT2D eigenvalue weighted by Gasteiger charge is 2.06. The third-order valence-electron chi connectivity index (χ3n) is 1.11. The fraction of sp³-hybridized carbons (Fsp3) is 0.143. The van der Waals surface area contributed by atoms with Crippen molar-refractivity contribution >= 4 is 22.4 Å². The van der Waals surface area contributed by atoms with Crippen molar-refractivity contribution in [2.75, 3.05) is 11.9 Å². The van der Waals surface area contributed by atoms with Gasteiger partial charge in [-0.1, -0.05) is 17.4 Å². The second kappa shape index (κ2) is 3.87. The summed E-state index contributed by atoms with van der Waals surface area (Å²) >= 11 is 1.11. The monoisotopic (exact) mass is 184 g/mol. The number of aromatic carboxylic acids is 1. The minimum absolute atomic E-state index is 0.238. The molecule has 1 aromatic rings. The van der Waals surface area contributed by atoms with E-state index in [1.165, 1.54) is 6.20 Å². The number of carboxylic acids is 1. The van der Waals surface area contributed by atoms with Gasteiger partial charge in [0, 0.05) is 6.54 Å². The predicted octanol–water partition coefficient (Wildman–Crippen LogP) is 1.44. The lowest BCUT2D eigenvalue weighted by molar-refractivity contribution is 0.0702. The van der Waals surface area contributed by atoms with Crippen LogP contribution in [0.15, 0.2) is 18.9 Å². The number of thiazole rings is 1. The summed E-state index contributed by atoms with van der Waals surface area (Å²) in [5, 5.41) is 12.0. The molecule has 0 aromatic carbocycles. The van der Waals surface area contributed by atoms with Crippen molar-refractivity contribution in [3.63, 3.8) is 0 Å². The van der Waals surface area contributed by atoms with Crippen molar-refractivity contribution in [1.29, 1.82) is 0 Å². The summed E-state index contributed by atoms with van der Waals surface area (Å²) in [5.41, 5.74) is 0. The molecule has 0 unspecified atom stereocenters. The smallest absolute Gasteiger partial charge is 0.347 e. The van der Waals surface area contributed by atoms with Gasteiger partial charge in [0.1, 0.15) is 4.88 Å². The van der Waals surface area contributed by atoms with E-state index in [4.69, 9.17) is 5.11 Å². The minimum atomic E-state index is -0.945. The van der Waals surface area contributed by atoms with E-state index >= 15 is 0 Å². The summed E-state index contributed by atoms with van der Waals surface area (Å²) in [5.74, 6) is -0.945. The van der Waals surface area contributed by atoms with Gasteiger partial charge < -0.3 is 10.4 Å². The van der Waals surface area contributed by atoms with Gasteiger partial charge in [-0.05, 0) is 0 Å². The van der Waals surface area contributed by atoms with Crippen LogP contribution in [0.2, 0.25) is 0 Å². The van der Waals surface area contributed by atoms with E-state index in [-0.39, 0.29) is 4.88 Å². The zero-order valence-electron chi connectivity index (χ0n) is 6.28. The summed E-state index contributed by atoms with van der Waals surface area (Å²) in [4.78, 5) is 14.5. The van der Waals surface area contributed by atoms with Crippen LogP contribution in [0.25, 0.3) is 0 Å². The first-order chi connectivity index (χ1) is 5.74. The molecule has 0 fully saturated rings. The van der Waals surface area contributed by atoms with Gasteiger partial charge >= 0.3 is 5.97 Å². The molecule has 0 aliphatic heterocycles. The topological polar surface area (TPSA) is 62.2 Å². The van der Waals surface area contributed by atoms with Crippen molar-refractivity contribution < 1.29 is 9.90 Å². The Morgan fingerprint density at radius 3 is 3.17 bits per heavy atom. The lowest BCUT2D eigenvalue weighted by atomic mass is 10.6. The number of aromatic nitrogens is 1. The molecule has 0 aliphatic carbocycles. The first kappa shape index (κ1) is 8.73. The van der Waals surface area contributed by atoms with Crippen LogP contribution in [0.5, 0.6) is 0 Å². The Hall–Kier alpha value is -1.36. The molecule has 0 amide bonds. The molecule has 12 heavy (non-hydrogen) atoms. The normalized spacial score (nSPS) is 9.33. The van der Waals surface area contributed by atoms with Gasteiger partial charge in [-0.15, -0.1) is 6.58 Å². The number of hydrogen-bond acceptors (Lipinski definition) is 4. The SMILES string of the molecule is C=CCNc1ncc(C(=O)O)s1. The molecule has 64 valence electrons. The molecule has 4 nitrogen and oxygen atoms in total. The maximum atomic E-state index is 10.4. The number of rotatable bonds is 4. The molecule has 5 heteroatoms. The van der Waals surface area contributed by atoms with E-state index < -0.39 is 5.97 Å². The van der Waals surface area contributed by atoms with Crippen LogP contribution < -0.4 is 5.32 Å². The van der Waals surface area contributed by atoms with Crippen molar-refractivity contribution in [2.45, 2.75) is 0 Å². The van der Waals surface area contributed by atoms with E-state index in [2.05, 4.69) is 16.9 Å². The average molecular weight is 184 g/mol. The van der Waals surface area contributed by atoms with E-state index in [9.17, 15) is 4.79 Å². The fourth-order valence-electron chi connectivity index (χ4n) is 0.614. The standard InChI is InChI=1S/C7H8N2O2S/c1-2-3-8-7-9-4-5(12-7)6(10)11/h2,4H,1,3H2,(H,8,9)(H,10,11). The highest BCUT2D eigenvalue weighted by atomic mass is 32.1. The third kappa shape index (κ3) is 2.06. The van der Waals surface area contributed by atoms with Gasteiger partial charge in [0.25, 0.3) is 0 Å². The van der Waals surface area contributed by atoms with Gasteiger partial charge in [0.15, 0.2) is 5.13 Å². The van der Waals surface area contributed by atoms with Crippen molar-refractivity contribution in [2.24, 2.45) is 0 Å². The van der Waals surface area contributed by atoms with E-state index in [1.54, 1.807) is 6.08 Å². The quantitative estimate of drug-likeness (QED) is 0.695. The number of carboxylic acid groups (broad SMARTS) is 1. The highest BCUT2D eigenvalue weighted by Crippen LogP contribution is 2.17. The molecule has 1 rings (SSSR count). The zero-order valence-corrected chi connectivity index (χ0v) is 7.10. The van der Waals surface area contributed by atoms with Crippen molar-refractivity contribution in [1.82, 2.24) is 4.98 Å². The third-order valence-corrected chi connectivity index (χ3v) is 2.06. The molecule has 1 aromatic heterocycles. The van der Waals surface area contributed by atoms with E-state index in [1.807, 2.05) is 0 Å². The number of nitrogens with zero attached hydrogens (tertiary/aromatic N) is 1. The summed E-state index contributed by atoms with van der Waals surface area (Å²) in [7, 11) is 0. The maximum Gasteiger partial charge on any atom is 0.347 e. The summed E-state index contributed by atoms with van der Waals surface area (Å²) in [6.45, 7) is 4.11. The van der Waals surface area contributed by atoms with Crippen LogP contribution in [-0.2, 0) is 0 Å². The van der Waals surface area contributed by atoms with E-state index in [0.29, 0.717) is 11.7 Å². The fourth-order valence-corrected chi connectivity index (χ4v) is 1.28. The second-order valence-electron chi connectivity index (χ2n) is 2.00. The molecule has 1 heterocycles. The Kier molecular flexibility index (Phi) is 2.82. The van der Waals surface area contributed by atoms with Crippen LogP contribution in [0, 0.1) is 0 Å². The van der Waals surface area contributed by atoms with Crippen LogP contribution in [0.1, 0.15) is 9.67 Å². The minimum Gasteiger partial charge on any atom is -0.477 e. The van der Waals surface area contributed by atoms with Crippen molar-refractivity contribution in [3.05, 3.63) is 23.7 Å². The van der Waals surface area contributed by atoms with Crippen LogP contribution in [0.4, 0.5) is 5.13 Å². The largest absolute Gasteiger partial charge is 0.477 e. The molecule has 0 radical (unpaired) electrons. The van der Waals surface area contributed by atoms with Gasteiger partial charge in [-0.3, -0.25) is 0 Å². The zero-order chi connectivity index (χ0) is 8.97. The number of carbonyl (C=O) groups is 1. The second-order valence-corrected chi connectivity index (χ2v) is 3.04. The number of nitrogens with one attached hydrogen (secondary N) is 1. The van der Waals surface area contributed by atoms with Crippen LogP contribution in [0.3, 0.4) is 0 Å². The van der Waals surface area contributed by atoms with Gasteiger partial charge in [0.05, 0.1) is 6.20 Å². The first-order valence-corrected chi connectivity index (χ1v) is 4.09. The Morgan fingerprint density at radius 2 is 2.67 bits per heavy atom. The molecular formula is C7H8N2O2S. The number of anilines is 1. The number of hydrogen-bond donors (Lipinski definition) is 2. The molecule has 0 spiro atoms. The summed E-state index contributed by atoms with van der Waals surface area (Å²) in [6.07, 6.45) is 3.01. The van der Waals surface area contributed by atoms with Crippen LogP contribution in [-0.4, -0.2) is 22.6 Å². The van der Waals surface area contributed by atoms with Crippen molar-refractivity contribution in [3.8, 4) is 0 Å². The Bertz CT molecular complexity index is 295. The molecule has 0 bridgehead atoms. The lowest BCUT2D eigenvalue weighted by Gasteiger charge is -1.93. The molecular weight excluding hydrogens is 176 g/mol. The Labute approximate surface area is 73.6 Å². The lowest BCUT2D eigenvalue weighted by Crippen LogP contribution is -1.95. The predicted molar refractivity (Wildman–Crippen MR) is 47.8 cm³/mol. The van der Waals surface area contributed by atoms with Gasteiger partial charge in [0.2, 0.25) is 0 Å². The first-order valence-electron chi connectivity index (χ1n) is 3.28. The summed E-state index contributed by atoms with van der Waals surface area (Å²) in [6, 6.07) is 0. The maximum absolute atomic E-state index is 10.4. The van der Waals surface area contributed by atoms with Gasteiger partial charge in [-0.2, -0.15) is 0 Å². The van der Waals surface area contributed by atoms with Crippen LogP contribution >= 0.6 is 11.3 Å². The highest BCUT2D eigenvalue weighted by molar-refractivity contribution is 7.17. The average Bonchev–Trinajstić information content (AvgIpc) is 2.48. The molecule has 2 N–H and O–H groups in total. The molecule has 0 aliphatic rings. The van der Waals surface area contributed by atoms with Gasteiger partial charge in [-0.25, -0.2) is 9.78 Å². The Balaban J connectivity index is 2.64. The molecule has 0 saturated heterocycles. The summed E-state index contributed by atoms with van der Waals surface area (Å²) < 4.78 is 0. The molecule has 0 saturated carbocycles. The Morgan fingerprint density at radius 1 is 1.92 bits per heavy atom. The van der Waals surface area contributed by atoms with E-state index in [0.717, 1.165) is 11.3 Å².